The van der Waals surface area contributed by atoms with Gasteiger partial charge in [0.15, 0.2) is 0 Å². The van der Waals surface area contributed by atoms with E-state index in [4.69, 9.17) is 0 Å². The van der Waals surface area contributed by atoms with E-state index in [-0.39, 0.29) is 0 Å². The van der Waals surface area contributed by atoms with E-state index >= 15 is 0 Å². The van der Waals surface area contributed by atoms with Gasteiger partial charge in [0, 0.05) is 0 Å². The molecule has 0 aromatic carbocycles. The number of aliphatic carboxylic acids is 1. The van der Waals surface area contributed by atoms with Crippen LogP contribution in [0, 0.1) is 17.8 Å². The van der Waals surface area contributed by atoms with Crippen LogP contribution in [-0.2, 0) is 4.79 Å². The molecule has 0 heterocycles. The van der Waals surface area contributed by atoms with E-state index in [1.165, 1.54) is 0 Å². The summed E-state index contributed by atoms with van der Waals surface area (Å²) in [6.45, 7) is 9.32. The lowest BCUT2D eigenvalue weighted by Gasteiger charge is -2.47. The molecule has 3 heteroatoms. The molecular weight excluding hydrogens is 190 g/mol. The van der Waals surface area contributed by atoms with Gasteiger partial charge in [0.05, 0.1) is 0 Å². The Balaban J connectivity index is 2.50. The number of rotatable bonds is 5. The quantitative estimate of drug-likeness (QED) is 0.735. The second-order valence-corrected chi connectivity index (χ2v) is 5.57. The van der Waals surface area contributed by atoms with Crippen LogP contribution >= 0.6 is 0 Å². The summed E-state index contributed by atoms with van der Waals surface area (Å²) >= 11 is 0. The topological polar surface area (TPSA) is 49.3 Å². The van der Waals surface area contributed by atoms with Crippen LogP contribution in [0.4, 0.5) is 0 Å². The summed E-state index contributed by atoms with van der Waals surface area (Å²) in [5, 5.41) is 12.5. The first-order valence-electron chi connectivity index (χ1n) is 5.86. The predicted octanol–water partition coefficient (Wildman–Crippen LogP) is 2.12. The molecule has 0 saturated heterocycles. The van der Waals surface area contributed by atoms with E-state index in [1.807, 2.05) is 0 Å². The lowest BCUT2D eigenvalue weighted by molar-refractivity contribution is -0.152. The molecule has 15 heavy (non-hydrogen) atoms. The Hall–Kier alpha value is -0.570. The van der Waals surface area contributed by atoms with Gasteiger partial charge in [-0.15, -0.1) is 0 Å². The Labute approximate surface area is 92.3 Å². The van der Waals surface area contributed by atoms with Crippen molar-refractivity contribution >= 4 is 5.97 Å². The smallest absolute Gasteiger partial charge is 0.323 e. The summed E-state index contributed by atoms with van der Waals surface area (Å²) < 4.78 is 0. The second kappa shape index (κ2) is 4.52. The molecule has 1 aliphatic rings. The molecule has 0 aromatic heterocycles. The van der Waals surface area contributed by atoms with E-state index in [1.54, 1.807) is 0 Å². The SMILES string of the molecule is CC(C)CNC1(C(=O)O)CC(C(C)C)C1. The zero-order chi connectivity index (χ0) is 11.6. The first kappa shape index (κ1) is 12.5. The van der Waals surface area contributed by atoms with Crippen molar-refractivity contribution in [2.75, 3.05) is 6.54 Å². The summed E-state index contributed by atoms with van der Waals surface area (Å²) in [6.07, 6.45) is 1.57. The maximum absolute atomic E-state index is 11.2. The van der Waals surface area contributed by atoms with Gasteiger partial charge in [-0.05, 0) is 37.1 Å². The van der Waals surface area contributed by atoms with E-state index in [0.717, 1.165) is 19.4 Å². The number of carboxylic acids is 1. The summed E-state index contributed by atoms with van der Waals surface area (Å²) in [6, 6.07) is 0. The molecule has 1 fully saturated rings. The lowest BCUT2D eigenvalue weighted by Crippen LogP contribution is -2.62. The first-order valence-corrected chi connectivity index (χ1v) is 5.86. The normalized spacial score (nSPS) is 30.7. The van der Waals surface area contributed by atoms with Gasteiger partial charge >= 0.3 is 5.97 Å². The lowest BCUT2D eigenvalue weighted by atomic mass is 9.64. The van der Waals surface area contributed by atoms with Crippen LogP contribution in [0.3, 0.4) is 0 Å². The van der Waals surface area contributed by atoms with Crippen molar-refractivity contribution in [1.82, 2.24) is 5.32 Å². The summed E-state index contributed by atoms with van der Waals surface area (Å²) in [5.41, 5.74) is -0.626. The van der Waals surface area contributed by atoms with Crippen LogP contribution in [0.15, 0.2) is 0 Å². The molecule has 0 amide bonds. The second-order valence-electron chi connectivity index (χ2n) is 5.57. The van der Waals surface area contributed by atoms with Crippen LogP contribution in [0.5, 0.6) is 0 Å². The molecule has 0 aromatic rings. The third kappa shape index (κ3) is 2.71. The largest absolute Gasteiger partial charge is 0.480 e. The van der Waals surface area contributed by atoms with Crippen molar-refractivity contribution in [1.29, 1.82) is 0 Å². The fourth-order valence-electron chi connectivity index (χ4n) is 2.10. The maximum atomic E-state index is 11.2. The third-order valence-corrected chi connectivity index (χ3v) is 3.42. The molecule has 0 radical (unpaired) electrons. The third-order valence-electron chi connectivity index (χ3n) is 3.42. The minimum absolute atomic E-state index is 0.499. The highest BCUT2D eigenvalue weighted by Gasteiger charge is 2.50. The fourth-order valence-corrected chi connectivity index (χ4v) is 2.10. The minimum atomic E-state index is -0.681. The molecule has 1 rings (SSSR count). The molecule has 0 unspecified atom stereocenters. The van der Waals surface area contributed by atoms with Gasteiger partial charge in [-0.3, -0.25) is 4.79 Å². The van der Waals surface area contributed by atoms with Gasteiger partial charge in [-0.25, -0.2) is 0 Å². The average molecular weight is 213 g/mol. The Kier molecular flexibility index (Phi) is 3.77. The monoisotopic (exact) mass is 213 g/mol. The summed E-state index contributed by atoms with van der Waals surface area (Å²) in [7, 11) is 0. The van der Waals surface area contributed by atoms with Crippen LogP contribution in [0.2, 0.25) is 0 Å². The zero-order valence-electron chi connectivity index (χ0n) is 10.2. The van der Waals surface area contributed by atoms with Gasteiger partial charge in [-0.2, -0.15) is 0 Å². The molecule has 0 bridgehead atoms. The van der Waals surface area contributed by atoms with E-state index in [9.17, 15) is 9.90 Å². The van der Waals surface area contributed by atoms with Crippen molar-refractivity contribution in [3.05, 3.63) is 0 Å². The molecular formula is C12H23NO2. The van der Waals surface area contributed by atoms with Crippen molar-refractivity contribution in [3.8, 4) is 0 Å². The highest BCUT2D eigenvalue weighted by atomic mass is 16.4. The molecule has 1 aliphatic carbocycles. The standard InChI is InChI=1S/C12H23NO2/c1-8(2)7-13-12(11(14)15)5-10(6-12)9(3)4/h8-10,13H,5-7H2,1-4H3,(H,14,15). The van der Waals surface area contributed by atoms with E-state index in [0.29, 0.717) is 17.8 Å². The number of carboxylic acid groups (broad SMARTS) is 1. The molecule has 3 nitrogen and oxygen atoms in total. The van der Waals surface area contributed by atoms with Crippen molar-refractivity contribution in [3.63, 3.8) is 0 Å². The van der Waals surface area contributed by atoms with Crippen LogP contribution in [0.1, 0.15) is 40.5 Å². The van der Waals surface area contributed by atoms with Crippen molar-refractivity contribution in [2.24, 2.45) is 17.8 Å². The molecule has 0 spiro atoms. The average Bonchev–Trinajstić information content (AvgIpc) is 1.99. The minimum Gasteiger partial charge on any atom is -0.480 e. The maximum Gasteiger partial charge on any atom is 0.323 e. The van der Waals surface area contributed by atoms with Gasteiger partial charge in [0.1, 0.15) is 5.54 Å². The molecule has 2 N–H and O–H groups in total. The molecule has 88 valence electrons. The summed E-state index contributed by atoms with van der Waals surface area (Å²) in [4.78, 5) is 11.2. The zero-order valence-corrected chi connectivity index (χ0v) is 10.2. The van der Waals surface area contributed by atoms with Gasteiger partial charge in [0.2, 0.25) is 0 Å². The highest BCUT2D eigenvalue weighted by molar-refractivity contribution is 5.80. The van der Waals surface area contributed by atoms with Gasteiger partial charge in [0.25, 0.3) is 0 Å². The fraction of sp³-hybridized carbons (Fsp3) is 0.917. The number of hydrogen-bond donors (Lipinski definition) is 2. The first-order chi connectivity index (χ1) is 6.87. The molecule has 0 atom stereocenters. The Bertz CT molecular complexity index is 224. The Morgan fingerprint density at radius 3 is 2.27 bits per heavy atom. The number of carbonyl (C=O) groups is 1. The van der Waals surface area contributed by atoms with Crippen LogP contribution < -0.4 is 5.32 Å². The summed E-state index contributed by atoms with van der Waals surface area (Å²) in [5.74, 6) is 0.985. The van der Waals surface area contributed by atoms with Crippen molar-refractivity contribution in [2.45, 2.75) is 46.1 Å². The Morgan fingerprint density at radius 1 is 1.40 bits per heavy atom. The number of hydrogen-bond acceptors (Lipinski definition) is 2. The number of nitrogens with one attached hydrogen (secondary N) is 1. The molecule has 1 saturated carbocycles. The van der Waals surface area contributed by atoms with Crippen molar-refractivity contribution < 1.29 is 9.90 Å². The molecule has 0 aliphatic heterocycles. The van der Waals surface area contributed by atoms with Crippen LogP contribution in [-0.4, -0.2) is 23.2 Å². The van der Waals surface area contributed by atoms with Gasteiger partial charge < -0.3 is 10.4 Å². The van der Waals surface area contributed by atoms with E-state index < -0.39 is 11.5 Å². The van der Waals surface area contributed by atoms with E-state index in [2.05, 4.69) is 33.0 Å². The Morgan fingerprint density at radius 2 is 1.93 bits per heavy atom. The van der Waals surface area contributed by atoms with Gasteiger partial charge in [-0.1, -0.05) is 27.7 Å². The van der Waals surface area contributed by atoms with Crippen LogP contribution in [0.25, 0.3) is 0 Å². The predicted molar refractivity (Wildman–Crippen MR) is 60.8 cm³/mol. The highest BCUT2D eigenvalue weighted by Crippen LogP contribution is 2.42.